The number of thiophene rings is 1. The van der Waals surface area contributed by atoms with E-state index in [1.165, 1.54) is 22.8 Å². The first-order chi connectivity index (χ1) is 13.6. The third kappa shape index (κ3) is 4.24. The highest BCUT2D eigenvalue weighted by Gasteiger charge is 2.33. The van der Waals surface area contributed by atoms with Gasteiger partial charge in [-0.2, -0.15) is 4.31 Å². The normalized spacial score (nSPS) is 16.0. The average molecular weight is 440 g/mol. The molecule has 1 aliphatic heterocycles. The van der Waals surface area contributed by atoms with E-state index in [1.807, 2.05) is 13.8 Å². The van der Waals surface area contributed by atoms with Gasteiger partial charge in [-0.1, -0.05) is 0 Å². The van der Waals surface area contributed by atoms with Crippen LogP contribution in [-0.2, 0) is 26.6 Å². The van der Waals surface area contributed by atoms with E-state index >= 15 is 0 Å². The molecule has 1 aliphatic rings. The summed E-state index contributed by atoms with van der Waals surface area (Å²) in [5.74, 6) is -0.996. The number of anilines is 1. The van der Waals surface area contributed by atoms with E-state index in [9.17, 15) is 18.0 Å². The maximum absolute atomic E-state index is 12.8. The van der Waals surface area contributed by atoms with Crippen molar-refractivity contribution in [1.29, 1.82) is 0 Å². The molecule has 29 heavy (non-hydrogen) atoms. The van der Waals surface area contributed by atoms with E-state index in [2.05, 4.69) is 5.32 Å². The van der Waals surface area contributed by atoms with Crippen molar-refractivity contribution in [2.75, 3.05) is 25.5 Å². The van der Waals surface area contributed by atoms with Crippen molar-refractivity contribution in [3.05, 3.63) is 34.5 Å². The Morgan fingerprint density at radius 1 is 1.24 bits per heavy atom. The Labute approximate surface area is 174 Å². The summed E-state index contributed by atoms with van der Waals surface area (Å²) >= 11 is 1.34. The monoisotopic (exact) mass is 439 g/mol. The topological polar surface area (TPSA) is 97.7 Å². The Balaban J connectivity index is 1.67. The molecule has 1 saturated heterocycles. The lowest BCUT2D eigenvalue weighted by atomic mass is 9.97. The first kappa shape index (κ1) is 21.5. The zero-order chi connectivity index (χ0) is 21.3. The number of ether oxygens (including phenoxy) is 1. The molecule has 0 unspecified atom stereocenters. The average Bonchev–Trinajstić information content (AvgIpc) is 3.25. The Kier molecular flexibility index (Phi) is 6.16. The second-order valence-electron chi connectivity index (χ2n) is 7.16. The van der Waals surface area contributed by atoms with Gasteiger partial charge in [0.05, 0.1) is 17.6 Å². The van der Waals surface area contributed by atoms with Crippen LogP contribution in [0.5, 0.6) is 0 Å². The second kappa shape index (κ2) is 8.29. The summed E-state index contributed by atoms with van der Waals surface area (Å²) in [6.45, 7) is 4.26. The SMILES string of the molecule is COC(=O)c1c(NC(=O)C2CCN(S(=O)(=O)c3ccn(C)c3)CC2)sc(C)c1C. The van der Waals surface area contributed by atoms with Gasteiger partial charge in [-0.15, -0.1) is 11.3 Å². The fourth-order valence-corrected chi connectivity index (χ4v) is 5.99. The number of carbonyl (C=O) groups excluding carboxylic acids is 2. The van der Waals surface area contributed by atoms with Crippen LogP contribution in [0.25, 0.3) is 0 Å². The molecule has 1 amide bonds. The van der Waals surface area contributed by atoms with E-state index in [0.29, 0.717) is 23.4 Å². The molecule has 0 aromatic carbocycles. The third-order valence-corrected chi connectivity index (χ3v) is 8.28. The van der Waals surface area contributed by atoms with Gasteiger partial charge in [-0.3, -0.25) is 4.79 Å². The Hall–Kier alpha value is -2.17. The van der Waals surface area contributed by atoms with Crippen LogP contribution in [0.1, 0.15) is 33.6 Å². The van der Waals surface area contributed by atoms with Gasteiger partial charge in [0, 0.05) is 43.3 Å². The van der Waals surface area contributed by atoms with E-state index in [4.69, 9.17) is 4.74 Å². The van der Waals surface area contributed by atoms with E-state index < -0.39 is 16.0 Å². The molecule has 0 bridgehead atoms. The van der Waals surface area contributed by atoms with Crippen LogP contribution in [0.3, 0.4) is 0 Å². The van der Waals surface area contributed by atoms with Crippen molar-refractivity contribution >= 4 is 38.2 Å². The molecular weight excluding hydrogens is 414 g/mol. The van der Waals surface area contributed by atoms with Crippen molar-refractivity contribution in [3.63, 3.8) is 0 Å². The predicted molar refractivity (Wildman–Crippen MR) is 111 cm³/mol. The second-order valence-corrected chi connectivity index (χ2v) is 10.3. The third-order valence-electron chi connectivity index (χ3n) is 5.28. The minimum Gasteiger partial charge on any atom is -0.465 e. The summed E-state index contributed by atoms with van der Waals surface area (Å²) in [5, 5.41) is 3.34. The van der Waals surface area contributed by atoms with Crippen molar-refractivity contribution < 1.29 is 22.7 Å². The highest BCUT2D eigenvalue weighted by Crippen LogP contribution is 2.34. The smallest absolute Gasteiger partial charge is 0.341 e. The summed E-state index contributed by atoms with van der Waals surface area (Å²) < 4.78 is 33.4. The van der Waals surface area contributed by atoms with Crippen LogP contribution < -0.4 is 5.32 Å². The van der Waals surface area contributed by atoms with Crippen LogP contribution in [0.4, 0.5) is 5.00 Å². The molecule has 2 aromatic heterocycles. The fraction of sp³-hybridized carbons (Fsp3) is 0.474. The number of nitrogens with one attached hydrogen (secondary N) is 1. The molecule has 10 heteroatoms. The lowest BCUT2D eigenvalue weighted by Crippen LogP contribution is -2.41. The number of sulfonamides is 1. The molecule has 0 radical (unpaired) electrons. The van der Waals surface area contributed by atoms with Crippen molar-refractivity contribution in [1.82, 2.24) is 8.87 Å². The number of hydrogen-bond donors (Lipinski definition) is 1. The number of esters is 1. The zero-order valence-electron chi connectivity index (χ0n) is 16.9. The van der Waals surface area contributed by atoms with Gasteiger partial charge in [-0.25, -0.2) is 13.2 Å². The molecule has 1 fully saturated rings. The molecule has 0 aliphatic carbocycles. The number of carbonyl (C=O) groups is 2. The van der Waals surface area contributed by atoms with Crippen LogP contribution in [-0.4, -0.2) is 49.4 Å². The van der Waals surface area contributed by atoms with Crippen LogP contribution >= 0.6 is 11.3 Å². The van der Waals surface area contributed by atoms with Crippen LogP contribution in [0.15, 0.2) is 23.4 Å². The molecule has 0 saturated carbocycles. The number of aryl methyl sites for hydroxylation is 2. The Bertz CT molecular complexity index is 1030. The molecule has 8 nitrogen and oxygen atoms in total. The van der Waals surface area contributed by atoms with Gasteiger partial charge in [0.2, 0.25) is 15.9 Å². The number of piperidine rings is 1. The van der Waals surface area contributed by atoms with E-state index in [0.717, 1.165) is 10.4 Å². The first-order valence-corrected chi connectivity index (χ1v) is 11.5. The first-order valence-electron chi connectivity index (χ1n) is 9.26. The predicted octanol–water partition coefficient (Wildman–Crippen LogP) is 2.53. The number of methoxy groups -OCH3 is 1. The summed E-state index contributed by atoms with van der Waals surface area (Å²) in [4.78, 5) is 26.0. The summed E-state index contributed by atoms with van der Waals surface area (Å²) in [7, 11) is -0.472. The maximum atomic E-state index is 12.8. The standard InChI is InChI=1S/C19H25N3O5S2/c1-12-13(2)28-18(16(12)19(24)27-4)20-17(23)14-5-9-22(10-6-14)29(25,26)15-7-8-21(3)11-15/h7-8,11,14H,5-6,9-10H2,1-4H3,(H,20,23). The fourth-order valence-electron chi connectivity index (χ4n) is 3.41. The van der Waals surface area contributed by atoms with E-state index in [-0.39, 0.29) is 29.8 Å². The van der Waals surface area contributed by atoms with Gasteiger partial charge in [0.1, 0.15) is 5.00 Å². The minimum absolute atomic E-state index is 0.201. The Morgan fingerprint density at radius 3 is 2.45 bits per heavy atom. The summed E-state index contributed by atoms with van der Waals surface area (Å²) in [6, 6.07) is 1.57. The molecule has 0 atom stereocenters. The van der Waals surface area contributed by atoms with Gasteiger partial charge in [0.25, 0.3) is 0 Å². The Morgan fingerprint density at radius 2 is 1.90 bits per heavy atom. The number of nitrogens with zero attached hydrogens (tertiary/aromatic N) is 2. The summed E-state index contributed by atoms with van der Waals surface area (Å²) in [5.41, 5.74) is 1.17. The molecular formula is C19H25N3O5S2. The zero-order valence-corrected chi connectivity index (χ0v) is 18.5. The van der Waals surface area contributed by atoms with Crippen LogP contribution in [0.2, 0.25) is 0 Å². The molecule has 2 aromatic rings. The van der Waals surface area contributed by atoms with Crippen molar-refractivity contribution in [2.45, 2.75) is 31.6 Å². The van der Waals surface area contributed by atoms with Gasteiger partial charge >= 0.3 is 5.97 Å². The highest BCUT2D eigenvalue weighted by molar-refractivity contribution is 7.89. The maximum Gasteiger partial charge on any atom is 0.341 e. The van der Waals surface area contributed by atoms with E-state index in [1.54, 1.807) is 30.1 Å². The van der Waals surface area contributed by atoms with Gasteiger partial charge < -0.3 is 14.6 Å². The molecule has 158 valence electrons. The molecule has 1 N–H and O–H groups in total. The largest absolute Gasteiger partial charge is 0.465 e. The lowest BCUT2D eigenvalue weighted by Gasteiger charge is -2.30. The minimum atomic E-state index is -3.55. The molecule has 3 rings (SSSR count). The van der Waals surface area contributed by atoms with Gasteiger partial charge in [-0.05, 0) is 38.3 Å². The van der Waals surface area contributed by atoms with Gasteiger partial charge in [0.15, 0.2) is 0 Å². The summed E-state index contributed by atoms with van der Waals surface area (Å²) in [6.07, 6.45) is 4.12. The highest BCUT2D eigenvalue weighted by atomic mass is 32.2. The van der Waals surface area contributed by atoms with Crippen molar-refractivity contribution in [2.24, 2.45) is 13.0 Å². The van der Waals surface area contributed by atoms with Crippen LogP contribution in [0, 0.1) is 19.8 Å². The number of amides is 1. The number of aromatic nitrogens is 1. The van der Waals surface area contributed by atoms with Crippen molar-refractivity contribution in [3.8, 4) is 0 Å². The molecule has 0 spiro atoms. The molecule has 3 heterocycles. The lowest BCUT2D eigenvalue weighted by molar-refractivity contribution is -0.120. The number of rotatable bonds is 5. The number of hydrogen-bond acceptors (Lipinski definition) is 6. The quantitative estimate of drug-likeness (QED) is 0.722.